The van der Waals surface area contributed by atoms with Crippen LogP contribution in [-0.2, 0) is 19.1 Å². The van der Waals surface area contributed by atoms with Gasteiger partial charge in [0.1, 0.15) is 0 Å². The van der Waals surface area contributed by atoms with E-state index in [2.05, 4.69) is 0 Å². The van der Waals surface area contributed by atoms with Gasteiger partial charge in [-0.3, -0.25) is 9.59 Å². The Morgan fingerprint density at radius 3 is 2.75 bits per heavy atom. The Morgan fingerprint density at radius 2 is 2.10 bits per heavy atom. The highest BCUT2D eigenvalue weighted by molar-refractivity contribution is 5.79. The number of ether oxygens (including phenoxy) is 2. The summed E-state index contributed by atoms with van der Waals surface area (Å²) >= 11 is 0. The minimum absolute atomic E-state index is 0.0715. The standard InChI is InChI=1S/C15H23NO4/c17-14(7-12-8-15(18)20-9-12)16-4-5-19-10-13(16)6-11-2-1-3-11/h11-13H,1-10H2. The van der Waals surface area contributed by atoms with Crippen LogP contribution < -0.4 is 0 Å². The first-order valence-electron chi connectivity index (χ1n) is 7.75. The zero-order valence-electron chi connectivity index (χ0n) is 11.9. The average molecular weight is 281 g/mol. The summed E-state index contributed by atoms with van der Waals surface area (Å²) in [4.78, 5) is 25.6. The summed E-state index contributed by atoms with van der Waals surface area (Å²) in [5, 5.41) is 0. The van der Waals surface area contributed by atoms with Gasteiger partial charge in [0.25, 0.3) is 0 Å². The first-order chi connectivity index (χ1) is 9.72. The van der Waals surface area contributed by atoms with E-state index < -0.39 is 0 Å². The van der Waals surface area contributed by atoms with E-state index in [-0.39, 0.29) is 23.8 Å². The Morgan fingerprint density at radius 1 is 1.25 bits per heavy atom. The third-order valence-electron chi connectivity index (χ3n) is 4.78. The molecule has 3 fully saturated rings. The normalized spacial score (nSPS) is 31.0. The van der Waals surface area contributed by atoms with Gasteiger partial charge in [0.2, 0.25) is 5.91 Å². The second-order valence-electron chi connectivity index (χ2n) is 6.31. The third-order valence-corrected chi connectivity index (χ3v) is 4.78. The number of morpholine rings is 1. The molecule has 2 saturated heterocycles. The van der Waals surface area contributed by atoms with Crippen molar-refractivity contribution in [1.82, 2.24) is 4.90 Å². The van der Waals surface area contributed by atoms with Crippen molar-refractivity contribution in [2.24, 2.45) is 11.8 Å². The largest absolute Gasteiger partial charge is 0.465 e. The van der Waals surface area contributed by atoms with Crippen molar-refractivity contribution in [2.75, 3.05) is 26.4 Å². The number of esters is 1. The van der Waals surface area contributed by atoms with Crippen molar-refractivity contribution < 1.29 is 19.1 Å². The number of nitrogens with zero attached hydrogens (tertiary/aromatic N) is 1. The average Bonchev–Trinajstić information content (AvgIpc) is 2.80. The highest BCUT2D eigenvalue weighted by Crippen LogP contribution is 2.32. The Kier molecular flexibility index (Phi) is 4.24. The molecular weight excluding hydrogens is 258 g/mol. The Balaban J connectivity index is 1.54. The molecule has 2 heterocycles. The molecular formula is C15H23NO4. The predicted molar refractivity (Wildman–Crippen MR) is 72.0 cm³/mol. The first kappa shape index (κ1) is 13.9. The summed E-state index contributed by atoms with van der Waals surface area (Å²) in [6, 6.07) is 0.236. The maximum Gasteiger partial charge on any atom is 0.306 e. The summed E-state index contributed by atoms with van der Waals surface area (Å²) in [5.74, 6) is 0.840. The summed E-state index contributed by atoms with van der Waals surface area (Å²) < 4.78 is 10.5. The Labute approximate surface area is 119 Å². The molecule has 3 rings (SSSR count). The van der Waals surface area contributed by atoms with Gasteiger partial charge in [0.15, 0.2) is 0 Å². The van der Waals surface area contributed by atoms with Crippen LogP contribution in [0.25, 0.3) is 0 Å². The number of carbonyl (C=O) groups is 2. The predicted octanol–water partition coefficient (Wildman–Crippen LogP) is 1.36. The van der Waals surface area contributed by atoms with E-state index in [0.29, 0.717) is 39.2 Å². The van der Waals surface area contributed by atoms with Crippen molar-refractivity contribution in [3.8, 4) is 0 Å². The topological polar surface area (TPSA) is 55.8 Å². The van der Waals surface area contributed by atoms with Crippen molar-refractivity contribution in [1.29, 1.82) is 0 Å². The first-order valence-corrected chi connectivity index (χ1v) is 7.75. The van der Waals surface area contributed by atoms with Crippen LogP contribution in [0.3, 0.4) is 0 Å². The maximum atomic E-state index is 12.5. The molecule has 0 spiro atoms. The van der Waals surface area contributed by atoms with Crippen molar-refractivity contribution >= 4 is 11.9 Å². The smallest absolute Gasteiger partial charge is 0.306 e. The van der Waals surface area contributed by atoms with Crippen molar-refractivity contribution in [3.63, 3.8) is 0 Å². The van der Waals surface area contributed by atoms with Gasteiger partial charge in [-0.1, -0.05) is 19.3 Å². The van der Waals surface area contributed by atoms with Gasteiger partial charge in [0.05, 0.1) is 32.3 Å². The molecule has 5 heteroatoms. The van der Waals surface area contributed by atoms with Crippen LogP contribution >= 0.6 is 0 Å². The van der Waals surface area contributed by atoms with E-state index in [4.69, 9.17) is 9.47 Å². The van der Waals surface area contributed by atoms with Crippen LogP contribution in [0.2, 0.25) is 0 Å². The fourth-order valence-electron chi connectivity index (χ4n) is 3.35. The molecule has 1 aliphatic carbocycles. The van der Waals surface area contributed by atoms with Gasteiger partial charge < -0.3 is 14.4 Å². The van der Waals surface area contributed by atoms with E-state index in [1.54, 1.807) is 0 Å². The maximum absolute atomic E-state index is 12.5. The minimum Gasteiger partial charge on any atom is -0.465 e. The van der Waals surface area contributed by atoms with Crippen LogP contribution in [0.5, 0.6) is 0 Å². The molecule has 0 aromatic carbocycles. The zero-order chi connectivity index (χ0) is 13.9. The highest BCUT2D eigenvalue weighted by atomic mass is 16.5. The summed E-state index contributed by atoms with van der Waals surface area (Å²) in [6.45, 7) is 2.40. The van der Waals surface area contributed by atoms with Crippen LogP contribution in [0.15, 0.2) is 0 Å². The lowest BCUT2D eigenvalue weighted by molar-refractivity contribution is -0.142. The number of carbonyl (C=O) groups excluding carboxylic acids is 2. The monoisotopic (exact) mass is 281 g/mol. The van der Waals surface area contributed by atoms with Crippen LogP contribution in [0.1, 0.15) is 38.5 Å². The molecule has 5 nitrogen and oxygen atoms in total. The molecule has 0 bridgehead atoms. The molecule has 2 atom stereocenters. The quantitative estimate of drug-likeness (QED) is 0.730. The van der Waals surface area contributed by atoms with Gasteiger partial charge in [-0.25, -0.2) is 0 Å². The van der Waals surface area contributed by atoms with Gasteiger partial charge in [-0.2, -0.15) is 0 Å². The van der Waals surface area contributed by atoms with E-state index in [0.717, 1.165) is 12.3 Å². The van der Waals surface area contributed by atoms with Crippen molar-refractivity contribution in [3.05, 3.63) is 0 Å². The summed E-state index contributed by atoms with van der Waals surface area (Å²) in [5.41, 5.74) is 0. The van der Waals surface area contributed by atoms with E-state index in [1.165, 1.54) is 19.3 Å². The van der Waals surface area contributed by atoms with Gasteiger partial charge in [-0.15, -0.1) is 0 Å². The molecule has 1 saturated carbocycles. The molecule has 3 aliphatic rings. The van der Waals surface area contributed by atoms with Gasteiger partial charge >= 0.3 is 5.97 Å². The lowest BCUT2D eigenvalue weighted by atomic mass is 9.80. The van der Waals surface area contributed by atoms with Crippen LogP contribution in [0.4, 0.5) is 0 Å². The Hall–Kier alpha value is -1.10. The number of hydrogen-bond donors (Lipinski definition) is 0. The lowest BCUT2D eigenvalue weighted by Crippen LogP contribution is -2.50. The molecule has 1 amide bonds. The van der Waals surface area contributed by atoms with Crippen LogP contribution in [0, 0.1) is 11.8 Å². The Bertz CT molecular complexity index is 380. The molecule has 2 aliphatic heterocycles. The van der Waals surface area contributed by atoms with Gasteiger partial charge in [0, 0.05) is 18.9 Å². The molecule has 0 aromatic heterocycles. The fourth-order valence-corrected chi connectivity index (χ4v) is 3.35. The SMILES string of the molecule is O=C1CC(CC(=O)N2CCOCC2CC2CCC2)CO1. The highest BCUT2D eigenvalue weighted by Gasteiger charge is 2.34. The second-order valence-corrected chi connectivity index (χ2v) is 6.31. The molecule has 0 aromatic rings. The summed E-state index contributed by atoms with van der Waals surface area (Å²) in [6.07, 6.45) is 5.82. The molecule has 112 valence electrons. The molecule has 0 N–H and O–H groups in total. The zero-order valence-corrected chi connectivity index (χ0v) is 11.9. The van der Waals surface area contributed by atoms with Gasteiger partial charge in [-0.05, 0) is 12.3 Å². The number of rotatable bonds is 4. The number of hydrogen-bond acceptors (Lipinski definition) is 4. The third kappa shape index (κ3) is 3.14. The van der Waals surface area contributed by atoms with Crippen molar-refractivity contribution in [2.45, 2.75) is 44.6 Å². The minimum atomic E-state index is -0.171. The number of cyclic esters (lactones) is 1. The molecule has 2 unspecified atom stereocenters. The van der Waals surface area contributed by atoms with E-state index in [9.17, 15) is 9.59 Å². The molecule has 0 radical (unpaired) electrons. The van der Waals surface area contributed by atoms with E-state index in [1.807, 2.05) is 4.90 Å². The molecule has 20 heavy (non-hydrogen) atoms. The second kappa shape index (κ2) is 6.12. The lowest BCUT2D eigenvalue weighted by Gasteiger charge is -2.39. The fraction of sp³-hybridized carbons (Fsp3) is 0.867. The number of amides is 1. The summed E-state index contributed by atoms with van der Waals surface area (Å²) in [7, 11) is 0. The van der Waals surface area contributed by atoms with E-state index >= 15 is 0 Å². The van der Waals surface area contributed by atoms with Crippen LogP contribution in [-0.4, -0.2) is 49.2 Å².